The van der Waals surface area contributed by atoms with Gasteiger partial charge in [0, 0.05) is 6.54 Å². The predicted molar refractivity (Wildman–Crippen MR) is 60.6 cm³/mol. The number of amides is 1. The molecule has 1 saturated carbocycles. The molecule has 2 rings (SSSR count). The average Bonchev–Trinajstić information content (AvgIpc) is 2.35. The summed E-state index contributed by atoms with van der Waals surface area (Å²) < 4.78 is 5.27. The third kappa shape index (κ3) is 1.77. The lowest BCUT2D eigenvalue weighted by molar-refractivity contribution is -0.158. The maximum absolute atomic E-state index is 12.0. The van der Waals surface area contributed by atoms with E-state index in [1.807, 2.05) is 0 Å². The third-order valence-electron chi connectivity index (χ3n) is 3.72. The average molecular weight is 241 g/mol. The second-order valence-electron chi connectivity index (χ2n) is 5.89. The Morgan fingerprint density at radius 3 is 2.41 bits per heavy atom. The van der Waals surface area contributed by atoms with Crippen molar-refractivity contribution < 1.29 is 19.4 Å². The maximum atomic E-state index is 12.0. The first-order chi connectivity index (χ1) is 7.77. The summed E-state index contributed by atoms with van der Waals surface area (Å²) in [6, 6.07) is 0. The van der Waals surface area contributed by atoms with E-state index in [4.69, 9.17) is 4.74 Å². The van der Waals surface area contributed by atoms with Gasteiger partial charge >= 0.3 is 12.1 Å². The van der Waals surface area contributed by atoms with Gasteiger partial charge in [-0.15, -0.1) is 0 Å². The zero-order valence-corrected chi connectivity index (χ0v) is 10.5. The molecule has 96 valence electrons. The molecule has 1 amide bonds. The molecule has 1 saturated heterocycles. The zero-order valence-electron chi connectivity index (χ0n) is 10.5. The van der Waals surface area contributed by atoms with Crippen LogP contribution in [-0.2, 0) is 9.53 Å². The summed E-state index contributed by atoms with van der Waals surface area (Å²) in [7, 11) is 0. The first kappa shape index (κ1) is 12.2. The summed E-state index contributed by atoms with van der Waals surface area (Å²) >= 11 is 0. The summed E-state index contributed by atoms with van der Waals surface area (Å²) in [5.41, 5.74) is -1.57. The van der Waals surface area contributed by atoms with Gasteiger partial charge in [-0.1, -0.05) is 0 Å². The Morgan fingerprint density at radius 2 is 2.00 bits per heavy atom. The SMILES string of the molecule is CC(C)(C)OC(=O)N1CC[C@H]2CC[C@]21C(=O)O. The van der Waals surface area contributed by atoms with Crippen LogP contribution in [0.25, 0.3) is 0 Å². The van der Waals surface area contributed by atoms with Crippen molar-refractivity contribution in [2.45, 2.75) is 51.2 Å². The fourth-order valence-electron chi connectivity index (χ4n) is 2.81. The van der Waals surface area contributed by atoms with Crippen LogP contribution >= 0.6 is 0 Å². The van der Waals surface area contributed by atoms with Gasteiger partial charge in [-0.25, -0.2) is 9.59 Å². The third-order valence-corrected chi connectivity index (χ3v) is 3.72. The van der Waals surface area contributed by atoms with Gasteiger partial charge < -0.3 is 9.84 Å². The number of hydrogen-bond acceptors (Lipinski definition) is 3. The van der Waals surface area contributed by atoms with Gasteiger partial charge in [0.1, 0.15) is 11.1 Å². The van der Waals surface area contributed by atoms with Gasteiger partial charge in [0.05, 0.1) is 0 Å². The fourth-order valence-corrected chi connectivity index (χ4v) is 2.81. The van der Waals surface area contributed by atoms with Crippen molar-refractivity contribution in [3.8, 4) is 0 Å². The first-order valence-corrected chi connectivity index (χ1v) is 6.01. The molecule has 1 heterocycles. The van der Waals surface area contributed by atoms with Gasteiger partial charge in [-0.2, -0.15) is 0 Å². The van der Waals surface area contributed by atoms with Crippen molar-refractivity contribution in [3.05, 3.63) is 0 Å². The number of hydrogen-bond donors (Lipinski definition) is 1. The van der Waals surface area contributed by atoms with E-state index in [0.717, 1.165) is 12.8 Å². The molecule has 0 radical (unpaired) electrons. The van der Waals surface area contributed by atoms with Gasteiger partial charge in [-0.3, -0.25) is 4.90 Å². The fraction of sp³-hybridized carbons (Fsp3) is 0.833. The molecule has 2 aliphatic rings. The molecule has 0 aromatic rings. The van der Waals surface area contributed by atoms with Crippen LogP contribution in [0.4, 0.5) is 4.79 Å². The molecule has 0 bridgehead atoms. The summed E-state index contributed by atoms with van der Waals surface area (Å²) in [4.78, 5) is 24.8. The largest absolute Gasteiger partial charge is 0.479 e. The molecule has 1 aliphatic carbocycles. The number of carboxylic acids is 1. The monoisotopic (exact) mass is 241 g/mol. The number of carbonyl (C=O) groups is 2. The number of fused-ring (bicyclic) bond motifs is 1. The van der Waals surface area contributed by atoms with Crippen LogP contribution < -0.4 is 0 Å². The van der Waals surface area contributed by atoms with Crippen molar-refractivity contribution >= 4 is 12.1 Å². The molecule has 0 aromatic heterocycles. The second-order valence-corrected chi connectivity index (χ2v) is 5.89. The van der Waals surface area contributed by atoms with Gasteiger partial charge in [0.25, 0.3) is 0 Å². The molecule has 0 spiro atoms. The maximum Gasteiger partial charge on any atom is 0.411 e. The molecule has 5 heteroatoms. The molecule has 5 nitrogen and oxygen atoms in total. The first-order valence-electron chi connectivity index (χ1n) is 6.01. The van der Waals surface area contributed by atoms with Gasteiger partial charge in [0.15, 0.2) is 0 Å². The molecule has 2 atom stereocenters. The molecule has 2 fully saturated rings. The standard InChI is InChI=1S/C12H19NO4/c1-11(2,3)17-10(16)13-7-5-8-4-6-12(8,13)9(14)15/h8H,4-7H2,1-3H3,(H,14,15)/t8-,12-/m1/s1. The Bertz CT molecular complexity index is 360. The highest BCUT2D eigenvalue weighted by atomic mass is 16.6. The van der Waals surface area contributed by atoms with E-state index < -0.39 is 23.2 Å². The Labute approximate surface area is 101 Å². The van der Waals surface area contributed by atoms with E-state index >= 15 is 0 Å². The van der Waals surface area contributed by atoms with E-state index in [1.165, 1.54) is 4.90 Å². The normalized spacial score (nSPS) is 31.7. The van der Waals surface area contributed by atoms with Crippen LogP contribution in [0.1, 0.15) is 40.0 Å². The van der Waals surface area contributed by atoms with E-state index in [-0.39, 0.29) is 5.92 Å². The minimum absolute atomic E-state index is 0.104. The molecule has 1 aliphatic heterocycles. The number of likely N-dealkylation sites (tertiary alicyclic amines) is 1. The van der Waals surface area contributed by atoms with Crippen LogP contribution in [-0.4, -0.2) is 39.8 Å². The number of nitrogens with zero attached hydrogens (tertiary/aromatic N) is 1. The van der Waals surface area contributed by atoms with Crippen molar-refractivity contribution in [2.75, 3.05) is 6.54 Å². The molecule has 0 aromatic carbocycles. The van der Waals surface area contributed by atoms with Gasteiger partial charge in [0.2, 0.25) is 0 Å². The number of rotatable bonds is 1. The van der Waals surface area contributed by atoms with Crippen LogP contribution in [0.15, 0.2) is 0 Å². The Kier molecular flexibility index (Phi) is 2.60. The Morgan fingerprint density at radius 1 is 1.35 bits per heavy atom. The molecule has 1 N–H and O–H groups in total. The highest BCUT2D eigenvalue weighted by Crippen LogP contribution is 2.50. The number of ether oxygens (including phenoxy) is 1. The molecule has 0 unspecified atom stereocenters. The molecular weight excluding hydrogens is 222 g/mol. The number of carbonyl (C=O) groups excluding carboxylic acids is 1. The Balaban J connectivity index is 2.16. The lowest BCUT2D eigenvalue weighted by atomic mass is 9.67. The van der Waals surface area contributed by atoms with Crippen molar-refractivity contribution in [1.29, 1.82) is 0 Å². The van der Waals surface area contributed by atoms with E-state index in [0.29, 0.717) is 13.0 Å². The predicted octanol–water partition coefficient (Wildman–Crippen LogP) is 1.86. The van der Waals surface area contributed by atoms with Crippen LogP contribution in [0.3, 0.4) is 0 Å². The number of carboxylic acid groups (broad SMARTS) is 1. The summed E-state index contributed by atoms with van der Waals surface area (Å²) in [6.45, 7) is 5.85. The molecular formula is C12H19NO4. The smallest absolute Gasteiger partial charge is 0.411 e. The van der Waals surface area contributed by atoms with Crippen molar-refractivity contribution in [1.82, 2.24) is 4.90 Å². The minimum Gasteiger partial charge on any atom is -0.479 e. The summed E-state index contributed by atoms with van der Waals surface area (Å²) in [5, 5.41) is 9.36. The van der Waals surface area contributed by atoms with E-state index in [1.54, 1.807) is 20.8 Å². The van der Waals surface area contributed by atoms with E-state index in [9.17, 15) is 14.7 Å². The van der Waals surface area contributed by atoms with Crippen LogP contribution in [0.5, 0.6) is 0 Å². The lowest BCUT2D eigenvalue weighted by Crippen LogP contribution is -2.62. The minimum atomic E-state index is -0.984. The van der Waals surface area contributed by atoms with Crippen molar-refractivity contribution in [2.24, 2.45) is 5.92 Å². The van der Waals surface area contributed by atoms with Gasteiger partial charge in [-0.05, 0) is 46.0 Å². The molecule has 17 heavy (non-hydrogen) atoms. The summed E-state index contributed by atoms with van der Waals surface area (Å²) in [5.74, 6) is -0.787. The summed E-state index contributed by atoms with van der Waals surface area (Å²) in [6.07, 6.45) is 1.71. The van der Waals surface area contributed by atoms with Crippen LogP contribution in [0.2, 0.25) is 0 Å². The highest BCUT2D eigenvalue weighted by Gasteiger charge is 2.62. The van der Waals surface area contributed by atoms with Crippen LogP contribution in [0, 0.1) is 5.92 Å². The lowest BCUT2D eigenvalue weighted by Gasteiger charge is -2.46. The Hall–Kier alpha value is -1.26. The highest BCUT2D eigenvalue weighted by molar-refractivity contribution is 5.87. The zero-order chi connectivity index (χ0) is 12.8. The van der Waals surface area contributed by atoms with Crippen molar-refractivity contribution in [3.63, 3.8) is 0 Å². The topological polar surface area (TPSA) is 66.8 Å². The quantitative estimate of drug-likeness (QED) is 0.761. The second kappa shape index (κ2) is 3.62. The number of aliphatic carboxylic acids is 1. The van der Waals surface area contributed by atoms with E-state index in [2.05, 4.69) is 0 Å².